The molecule has 8 heteroatoms. The van der Waals surface area contributed by atoms with Crippen LogP contribution in [0.25, 0.3) is 0 Å². The van der Waals surface area contributed by atoms with Crippen molar-refractivity contribution in [1.82, 2.24) is 20.4 Å². The molecule has 1 fully saturated rings. The van der Waals surface area contributed by atoms with E-state index < -0.39 is 0 Å². The van der Waals surface area contributed by atoms with Gasteiger partial charge in [-0.05, 0) is 17.7 Å². The van der Waals surface area contributed by atoms with Gasteiger partial charge in [0, 0.05) is 25.8 Å². The zero-order chi connectivity index (χ0) is 17.5. The standard InChI is InChI=1S/C17H23N5O3/c1-24-15-4-2-13(3-5-15)16(22-6-8-25-9-7-22)12-18-17(23)21-14-10-19-20-11-14/h2-5,10-11,16H,6-9,12H2,1H3,(H,19,20)(H2,18,21,23)/t16-/m1/s1. The van der Waals surface area contributed by atoms with Crippen molar-refractivity contribution in [3.63, 3.8) is 0 Å². The van der Waals surface area contributed by atoms with Crippen LogP contribution >= 0.6 is 0 Å². The number of nitrogens with zero attached hydrogens (tertiary/aromatic N) is 2. The van der Waals surface area contributed by atoms with E-state index in [9.17, 15) is 4.79 Å². The van der Waals surface area contributed by atoms with E-state index in [-0.39, 0.29) is 12.1 Å². The summed E-state index contributed by atoms with van der Waals surface area (Å²) in [5, 5.41) is 12.2. The largest absolute Gasteiger partial charge is 0.497 e. The number of anilines is 1. The predicted octanol–water partition coefficient (Wildman–Crippen LogP) is 1.61. The molecule has 25 heavy (non-hydrogen) atoms. The second kappa shape index (κ2) is 8.50. The molecule has 1 atom stereocenters. The smallest absolute Gasteiger partial charge is 0.319 e. The molecule has 1 saturated heterocycles. The fourth-order valence-corrected chi connectivity index (χ4v) is 2.86. The van der Waals surface area contributed by atoms with Crippen LogP contribution in [0, 0.1) is 0 Å². The van der Waals surface area contributed by atoms with Crippen molar-refractivity contribution < 1.29 is 14.3 Å². The summed E-state index contributed by atoms with van der Waals surface area (Å²) >= 11 is 0. The van der Waals surface area contributed by atoms with Crippen LogP contribution in [0.5, 0.6) is 5.75 Å². The number of benzene rings is 1. The van der Waals surface area contributed by atoms with Gasteiger partial charge in [0.1, 0.15) is 5.75 Å². The van der Waals surface area contributed by atoms with E-state index in [0.29, 0.717) is 25.4 Å². The minimum Gasteiger partial charge on any atom is -0.497 e. The first-order valence-corrected chi connectivity index (χ1v) is 8.25. The molecule has 0 spiro atoms. The number of carbonyl (C=O) groups excluding carboxylic acids is 1. The van der Waals surface area contributed by atoms with Gasteiger partial charge in [0.25, 0.3) is 0 Å². The Morgan fingerprint density at radius 3 is 2.76 bits per heavy atom. The van der Waals surface area contributed by atoms with Crippen LogP contribution in [0.15, 0.2) is 36.7 Å². The van der Waals surface area contributed by atoms with Gasteiger partial charge in [0.05, 0.1) is 38.2 Å². The quantitative estimate of drug-likeness (QED) is 0.740. The Morgan fingerprint density at radius 2 is 2.12 bits per heavy atom. The van der Waals surface area contributed by atoms with Crippen molar-refractivity contribution in [2.45, 2.75) is 6.04 Å². The normalized spacial score (nSPS) is 16.2. The van der Waals surface area contributed by atoms with Crippen LogP contribution in [0.2, 0.25) is 0 Å². The van der Waals surface area contributed by atoms with Gasteiger partial charge in [-0.3, -0.25) is 10.00 Å². The lowest BCUT2D eigenvalue weighted by atomic mass is 10.0. The molecule has 3 rings (SSSR count). The van der Waals surface area contributed by atoms with Crippen LogP contribution in [-0.4, -0.2) is 61.1 Å². The minimum atomic E-state index is -0.256. The summed E-state index contributed by atoms with van der Waals surface area (Å²) in [5.74, 6) is 0.815. The van der Waals surface area contributed by atoms with Crippen molar-refractivity contribution in [2.75, 3.05) is 45.3 Å². The minimum absolute atomic E-state index is 0.0740. The van der Waals surface area contributed by atoms with Crippen molar-refractivity contribution >= 4 is 11.7 Å². The molecule has 3 N–H and O–H groups in total. The molecule has 2 heterocycles. The molecule has 2 amide bonds. The number of nitrogens with one attached hydrogen (secondary N) is 3. The van der Waals surface area contributed by atoms with Gasteiger partial charge >= 0.3 is 6.03 Å². The van der Waals surface area contributed by atoms with Gasteiger partial charge in [-0.2, -0.15) is 5.10 Å². The summed E-state index contributed by atoms with van der Waals surface area (Å²) in [5.41, 5.74) is 1.76. The van der Waals surface area contributed by atoms with E-state index in [1.807, 2.05) is 24.3 Å². The number of urea groups is 1. The number of hydrogen-bond donors (Lipinski definition) is 3. The maximum atomic E-state index is 12.1. The molecule has 0 radical (unpaired) electrons. The van der Waals surface area contributed by atoms with E-state index in [4.69, 9.17) is 9.47 Å². The molecule has 0 aliphatic carbocycles. The average Bonchev–Trinajstić information content (AvgIpc) is 3.16. The summed E-state index contributed by atoms with van der Waals surface area (Å²) in [6.45, 7) is 3.57. The first-order valence-electron chi connectivity index (χ1n) is 8.25. The molecule has 0 bridgehead atoms. The van der Waals surface area contributed by atoms with Gasteiger partial charge in [0.15, 0.2) is 0 Å². The Balaban J connectivity index is 1.65. The third-order valence-corrected chi connectivity index (χ3v) is 4.20. The summed E-state index contributed by atoms with van der Waals surface area (Å²) < 4.78 is 10.7. The molecule has 2 aromatic rings. The molecule has 1 aromatic heterocycles. The van der Waals surface area contributed by atoms with E-state index in [1.165, 1.54) is 0 Å². The van der Waals surface area contributed by atoms with Crippen LogP contribution < -0.4 is 15.4 Å². The first kappa shape index (κ1) is 17.2. The van der Waals surface area contributed by atoms with Crippen LogP contribution in [-0.2, 0) is 4.74 Å². The lowest BCUT2D eigenvalue weighted by Crippen LogP contribution is -2.44. The zero-order valence-electron chi connectivity index (χ0n) is 14.2. The van der Waals surface area contributed by atoms with Crippen molar-refractivity contribution in [3.05, 3.63) is 42.2 Å². The van der Waals surface area contributed by atoms with Gasteiger partial charge in [-0.1, -0.05) is 12.1 Å². The number of carbonyl (C=O) groups is 1. The van der Waals surface area contributed by atoms with E-state index in [1.54, 1.807) is 19.5 Å². The highest BCUT2D eigenvalue weighted by atomic mass is 16.5. The Morgan fingerprint density at radius 1 is 1.36 bits per heavy atom. The van der Waals surface area contributed by atoms with Crippen LogP contribution in [0.3, 0.4) is 0 Å². The Kier molecular flexibility index (Phi) is 5.86. The number of rotatable bonds is 6. The second-order valence-corrected chi connectivity index (χ2v) is 5.76. The molecule has 0 unspecified atom stereocenters. The van der Waals surface area contributed by atoms with Crippen LogP contribution in [0.1, 0.15) is 11.6 Å². The molecule has 8 nitrogen and oxygen atoms in total. The van der Waals surface area contributed by atoms with E-state index in [0.717, 1.165) is 24.4 Å². The number of aromatic nitrogens is 2. The van der Waals surface area contributed by atoms with Crippen molar-refractivity contribution in [2.24, 2.45) is 0 Å². The highest BCUT2D eigenvalue weighted by molar-refractivity contribution is 5.88. The lowest BCUT2D eigenvalue weighted by Gasteiger charge is -2.35. The molecule has 1 aromatic carbocycles. The summed E-state index contributed by atoms with van der Waals surface area (Å²) in [4.78, 5) is 14.4. The summed E-state index contributed by atoms with van der Waals surface area (Å²) in [6, 6.07) is 7.77. The first-order chi connectivity index (χ1) is 12.3. The maximum Gasteiger partial charge on any atom is 0.319 e. The number of H-pyrrole nitrogens is 1. The average molecular weight is 345 g/mol. The van der Waals surface area contributed by atoms with Gasteiger partial charge < -0.3 is 20.1 Å². The van der Waals surface area contributed by atoms with Gasteiger partial charge in [0.2, 0.25) is 0 Å². The Bertz CT molecular complexity index is 653. The number of ether oxygens (including phenoxy) is 2. The Hall–Kier alpha value is -2.58. The summed E-state index contributed by atoms with van der Waals surface area (Å²) in [6.07, 6.45) is 3.19. The maximum absolute atomic E-state index is 12.1. The molecular formula is C17H23N5O3. The molecular weight excluding hydrogens is 322 g/mol. The number of hydrogen-bond acceptors (Lipinski definition) is 5. The van der Waals surface area contributed by atoms with Gasteiger partial charge in [-0.15, -0.1) is 0 Å². The monoisotopic (exact) mass is 345 g/mol. The number of methoxy groups -OCH3 is 1. The molecule has 1 aliphatic heterocycles. The topological polar surface area (TPSA) is 91.5 Å². The number of morpholine rings is 1. The van der Waals surface area contributed by atoms with Gasteiger partial charge in [-0.25, -0.2) is 4.79 Å². The van der Waals surface area contributed by atoms with E-state index in [2.05, 4.69) is 25.7 Å². The molecule has 134 valence electrons. The highest BCUT2D eigenvalue weighted by Crippen LogP contribution is 2.23. The molecule has 1 aliphatic rings. The van der Waals surface area contributed by atoms with Crippen LogP contribution in [0.4, 0.5) is 10.5 Å². The SMILES string of the molecule is COc1ccc([C@@H](CNC(=O)Nc2cn[nH]c2)N2CCOCC2)cc1. The van der Waals surface area contributed by atoms with Crippen molar-refractivity contribution in [1.29, 1.82) is 0 Å². The third-order valence-electron chi connectivity index (χ3n) is 4.20. The fourth-order valence-electron chi connectivity index (χ4n) is 2.86. The second-order valence-electron chi connectivity index (χ2n) is 5.76. The van der Waals surface area contributed by atoms with E-state index >= 15 is 0 Å². The lowest BCUT2D eigenvalue weighted by molar-refractivity contribution is 0.0167. The zero-order valence-corrected chi connectivity index (χ0v) is 14.2. The predicted molar refractivity (Wildman–Crippen MR) is 93.7 cm³/mol. The fraction of sp³-hybridized carbons (Fsp3) is 0.412. The number of aromatic amines is 1. The number of amides is 2. The highest BCUT2D eigenvalue weighted by Gasteiger charge is 2.23. The van der Waals surface area contributed by atoms with Crippen molar-refractivity contribution in [3.8, 4) is 5.75 Å². The third kappa shape index (κ3) is 4.71. The summed E-state index contributed by atoms with van der Waals surface area (Å²) in [7, 11) is 1.65. The Labute approximate surface area is 146 Å². The molecule has 0 saturated carbocycles.